The van der Waals surface area contributed by atoms with Crippen LogP contribution in [0.15, 0.2) is 90.0 Å². The van der Waals surface area contributed by atoms with Crippen LogP contribution < -0.4 is 20.1 Å². The van der Waals surface area contributed by atoms with Gasteiger partial charge in [0.15, 0.2) is 5.65 Å². The van der Waals surface area contributed by atoms with Crippen molar-refractivity contribution in [2.45, 2.75) is 17.4 Å². The summed E-state index contributed by atoms with van der Waals surface area (Å²) < 4.78 is 34.9. The summed E-state index contributed by atoms with van der Waals surface area (Å²) in [4.78, 5) is 8.64. The van der Waals surface area contributed by atoms with Crippen LogP contribution in [0.1, 0.15) is 5.56 Å². The van der Waals surface area contributed by atoms with E-state index in [1.807, 2.05) is 54.6 Å². The predicted molar refractivity (Wildman–Crippen MR) is 141 cm³/mol. The number of hydrogen-bond acceptors (Lipinski definition) is 8. The van der Waals surface area contributed by atoms with E-state index in [-0.39, 0.29) is 23.4 Å². The number of para-hydroxylation sites is 2. The molecule has 1 aliphatic rings. The average Bonchev–Trinajstić information content (AvgIpc) is 3.38. The highest BCUT2D eigenvalue weighted by atomic mass is 32.2. The molecular formula is C26H23N7O3S. The van der Waals surface area contributed by atoms with Crippen LogP contribution in [-0.4, -0.2) is 41.2 Å². The minimum Gasteiger partial charge on any atom is -0.457 e. The maximum absolute atomic E-state index is 13.8. The maximum Gasteiger partial charge on any atom is 0.264 e. The Labute approximate surface area is 213 Å². The lowest BCUT2D eigenvalue weighted by Gasteiger charge is -2.35. The number of sulfonamides is 1. The Bertz CT molecular complexity index is 1670. The summed E-state index contributed by atoms with van der Waals surface area (Å²) >= 11 is 0. The molecule has 186 valence electrons. The lowest BCUT2D eigenvalue weighted by atomic mass is 9.99. The number of nitrogens with one attached hydrogen (secondary N) is 2. The SMILES string of the molecule is Nc1nc(NC2Cc3ccccc3N(S(=O)(=O)c3ccc(Oc4ccccc4)cc3)C2)c2cn[nH]c2n1. The number of nitrogen functional groups attached to an aromatic ring is 1. The van der Waals surface area contributed by atoms with Crippen LogP contribution in [0.3, 0.4) is 0 Å². The summed E-state index contributed by atoms with van der Waals surface area (Å²) in [5.41, 5.74) is 7.94. The van der Waals surface area contributed by atoms with Gasteiger partial charge in [0.2, 0.25) is 5.95 Å². The number of aromatic amines is 1. The van der Waals surface area contributed by atoms with Crippen LogP contribution in [-0.2, 0) is 16.4 Å². The third-order valence-corrected chi connectivity index (χ3v) is 7.97. The van der Waals surface area contributed by atoms with E-state index in [0.717, 1.165) is 5.56 Å². The van der Waals surface area contributed by atoms with E-state index < -0.39 is 10.0 Å². The number of anilines is 3. The smallest absolute Gasteiger partial charge is 0.264 e. The topological polar surface area (TPSA) is 139 Å². The Morgan fingerprint density at radius 1 is 0.946 bits per heavy atom. The Kier molecular flexibility index (Phi) is 5.61. The first kappa shape index (κ1) is 22.8. The highest BCUT2D eigenvalue weighted by Crippen LogP contribution is 2.34. The molecule has 5 aromatic rings. The quantitative estimate of drug-likeness (QED) is 0.310. The van der Waals surface area contributed by atoms with Gasteiger partial charge in [0.1, 0.15) is 17.3 Å². The van der Waals surface area contributed by atoms with Gasteiger partial charge in [-0.2, -0.15) is 15.1 Å². The monoisotopic (exact) mass is 513 g/mol. The number of hydrogen-bond donors (Lipinski definition) is 3. The molecule has 6 rings (SSSR count). The number of benzene rings is 3. The Morgan fingerprint density at radius 3 is 2.49 bits per heavy atom. The third kappa shape index (κ3) is 4.40. The fourth-order valence-corrected chi connectivity index (χ4v) is 6.01. The second kappa shape index (κ2) is 9.10. The van der Waals surface area contributed by atoms with Gasteiger partial charge in [-0.1, -0.05) is 36.4 Å². The molecule has 11 heteroatoms. The van der Waals surface area contributed by atoms with Crippen molar-refractivity contribution in [2.75, 3.05) is 21.9 Å². The van der Waals surface area contributed by atoms with E-state index in [2.05, 4.69) is 25.5 Å². The van der Waals surface area contributed by atoms with Crippen LogP contribution in [0.4, 0.5) is 17.5 Å². The lowest BCUT2D eigenvalue weighted by molar-refractivity contribution is 0.482. The van der Waals surface area contributed by atoms with Crippen molar-refractivity contribution in [2.24, 2.45) is 0 Å². The van der Waals surface area contributed by atoms with E-state index in [0.29, 0.717) is 40.5 Å². The van der Waals surface area contributed by atoms with E-state index in [4.69, 9.17) is 10.5 Å². The minimum absolute atomic E-state index is 0.0951. The van der Waals surface area contributed by atoms with E-state index in [9.17, 15) is 8.42 Å². The van der Waals surface area contributed by atoms with Crippen molar-refractivity contribution < 1.29 is 13.2 Å². The van der Waals surface area contributed by atoms with E-state index in [1.165, 1.54) is 4.31 Å². The molecule has 3 aromatic carbocycles. The van der Waals surface area contributed by atoms with Gasteiger partial charge in [0.05, 0.1) is 34.8 Å². The fraction of sp³-hybridized carbons (Fsp3) is 0.115. The molecule has 0 aliphatic carbocycles. The predicted octanol–water partition coefficient (Wildman–Crippen LogP) is 3.96. The Balaban J connectivity index is 1.30. The molecule has 10 nitrogen and oxygen atoms in total. The normalized spacial score (nSPS) is 15.4. The van der Waals surface area contributed by atoms with Crippen LogP contribution in [0, 0.1) is 0 Å². The van der Waals surface area contributed by atoms with Gasteiger partial charge < -0.3 is 15.8 Å². The van der Waals surface area contributed by atoms with Crippen molar-refractivity contribution in [3.63, 3.8) is 0 Å². The second-order valence-corrected chi connectivity index (χ2v) is 10.5. The molecule has 0 amide bonds. The van der Waals surface area contributed by atoms with E-state index in [1.54, 1.807) is 30.5 Å². The highest BCUT2D eigenvalue weighted by molar-refractivity contribution is 7.92. The van der Waals surface area contributed by atoms with Crippen molar-refractivity contribution in [3.05, 3.63) is 90.6 Å². The van der Waals surface area contributed by atoms with Crippen LogP contribution in [0.2, 0.25) is 0 Å². The summed E-state index contributed by atoms with van der Waals surface area (Å²) in [6.45, 7) is 0.199. The zero-order valence-corrected chi connectivity index (χ0v) is 20.4. The molecule has 3 heterocycles. The molecule has 0 radical (unpaired) electrons. The van der Waals surface area contributed by atoms with Gasteiger partial charge in [-0.15, -0.1) is 0 Å². The van der Waals surface area contributed by atoms with Gasteiger partial charge in [-0.3, -0.25) is 9.40 Å². The number of ether oxygens (including phenoxy) is 1. The van der Waals surface area contributed by atoms with Gasteiger partial charge in [0.25, 0.3) is 10.0 Å². The second-order valence-electron chi connectivity index (χ2n) is 8.66. The molecule has 1 unspecified atom stereocenters. The minimum atomic E-state index is -3.87. The standard InChI is InChI=1S/C26H23N7O3S/c27-26-30-24(22-15-28-32-25(22)31-26)29-18-14-17-6-4-5-9-23(17)33(16-18)37(34,35)21-12-10-20(11-13-21)36-19-7-2-1-3-8-19/h1-13,15,18H,14,16H2,(H4,27,28,29,30,31,32). The third-order valence-electron chi connectivity index (χ3n) is 6.17. The molecule has 0 saturated heterocycles. The van der Waals surface area contributed by atoms with Crippen molar-refractivity contribution >= 4 is 38.5 Å². The number of H-pyrrole nitrogens is 1. The lowest BCUT2D eigenvalue weighted by Crippen LogP contribution is -2.45. The summed E-state index contributed by atoms with van der Waals surface area (Å²) in [7, 11) is -3.87. The highest BCUT2D eigenvalue weighted by Gasteiger charge is 2.33. The van der Waals surface area contributed by atoms with Crippen molar-refractivity contribution in [1.82, 2.24) is 20.2 Å². The molecule has 2 aromatic heterocycles. The molecule has 4 N–H and O–H groups in total. The molecule has 37 heavy (non-hydrogen) atoms. The molecule has 1 aliphatic heterocycles. The first-order valence-electron chi connectivity index (χ1n) is 11.6. The zero-order valence-electron chi connectivity index (χ0n) is 19.6. The number of fused-ring (bicyclic) bond motifs is 2. The summed E-state index contributed by atoms with van der Waals surface area (Å²) in [6, 6.07) is 23.0. The Hall–Kier alpha value is -4.64. The van der Waals surface area contributed by atoms with Gasteiger partial charge >= 0.3 is 0 Å². The number of nitrogens with two attached hydrogens (primary N) is 1. The maximum atomic E-state index is 13.8. The largest absolute Gasteiger partial charge is 0.457 e. The van der Waals surface area contributed by atoms with Gasteiger partial charge in [-0.05, 0) is 54.4 Å². The fourth-order valence-electron chi connectivity index (χ4n) is 4.47. The molecule has 0 saturated carbocycles. The van der Waals surface area contributed by atoms with Gasteiger partial charge in [-0.25, -0.2) is 8.42 Å². The molecular weight excluding hydrogens is 490 g/mol. The van der Waals surface area contributed by atoms with Crippen molar-refractivity contribution in [3.8, 4) is 11.5 Å². The molecule has 1 atom stereocenters. The van der Waals surface area contributed by atoms with Crippen LogP contribution in [0.5, 0.6) is 11.5 Å². The first-order valence-corrected chi connectivity index (χ1v) is 13.1. The number of nitrogens with zero attached hydrogens (tertiary/aromatic N) is 4. The average molecular weight is 514 g/mol. The Morgan fingerprint density at radius 2 is 1.68 bits per heavy atom. The van der Waals surface area contributed by atoms with E-state index >= 15 is 0 Å². The molecule has 0 fully saturated rings. The number of rotatable bonds is 6. The van der Waals surface area contributed by atoms with Crippen molar-refractivity contribution in [1.29, 1.82) is 0 Å². The molecule has 0 bridgehead atoms. The van der Waals surface area contributed by atoms with Crippen LogP contribution in [0.25, 0.3) is 11.0 Å². The summed E-state index contributed by atoms with van der Waals surface area (Å²) in [6.07, 6.45) is 2.22. The van der Waals surface area contributed by atoms with Crippen LogP contribution >= 0.6 is 0 Å². The zero-order chi connectivity index (χ0) is 25.4. The first-order chi connectivity index (χ1) is 18.0. The summed E-state index contributed by atoms with van der Waals surface area (Å²) in [5.74, 6) is 1.82. The summed E-state index contributed by atoms with van der Waals surface area (Å²) in [5, 5.41) is 10.9. The number of aromatic nitrogens is 4. The molecule has 0 spiro atoms. The van der Waals surface area contributed by atoms with Gasteiger partial charge in [0, 0.05) is 0 Å².